The Balaban J connectivity index is 2.40. The van der Waals surface area contributed by atoms with Gasteiger partial charge in [-0.1, -0.05) is 11.6 Å². The predicted octanol–water partition coefficient (Wildman–Crippen LogP) is 2.58. The summed E-state index contributed by atoms with van der Waals surface area (Å²) in [4.78, 5) is 13.0. The van der Waals surface area contributed by atoms with E-state index in [1.165, 1.54) is 18.3 Å². The van der Waals surface area contributed by atoms with Gasteiger partial charge in [-0.25, -0.2) is 13.4 Å². The molecule has 0 saturated heterocycles. The third-order valence-electron chi connectivity index (χ3n) is 2.41. The number of aromatic nitrogens is 1. The maximum Gasteiger partial charge on any atom is 0.306 e. The van der Waals surface area contributed by atoms with Gasteiger partial charge in [0.15, 0.2) is 0 Å². The van der Waals surface area contributed by atoms with Crippen molar-refractivity contribution >= 4 is 33.0 Å². The average Bonchev–Trinajstić information content (AvgIpc) is 2.40. The first-order chi connectivity index (χ1) is 9.81. The lowest BCUT2D eigenvalue weighted by Crippen LogP contribution is -2.14. The zero-order chi connectivity index (χ0) is 15.6. The van der Waals surface area contributed by atoms with Crippen LogP contribution in [-0.2, 0) is 10.0 Å². The molecule has 7 nitrogen and oxygen atoms in total. The zero-order valence-corrected chi connectivity index (χ0v) is 11.7. The molecule has 1 N–H and O–H groups in total. The fourth-order valence-electron chi connectivity index (χ4n) is 1.50. The summed E-state index contributed by atoms with van der Waals surface area (Å²) in [5.41, 5.74) is -1.00. The van der Waals surface area contributed by atoms with Crippen LogP contribution in [0.15, 0.2) is 41.4 Å². The van der Waals surface area contributed by atoms with Crippen LogP contribution >= 0.6 is 11.6 Å². The van der Waals surface area contributed by atoms with Gasteiger partial charge in [-0.15, -0.1) is 0 Å². The highest BCUT2D eigenvalue weighted by atomic mass is 35.5. The molecular weight excluding hydrogens is 325 g/mol. The van der Waals surface area contributed by atoms with Crippen LogP contribution in [0.2, 0.25) is 5.15 Å². The average molecular weight is 332 g/mol. The lowest BCUT2D eigenvalue weighted by Gasteiger charge is -2.08. The second-order valence-corrected chi connectivity index (χ2v) is 5.83. The summed E-state index contributed by atoms with van der Waals surface area (Å²) in [5, 5.41) is 10.4. The molecule has 0 aliphatic carbocycles. The summed E-state index contributed by atoms with van der Waals surface area (Å²) in [7, 11) is -4.09. The minimum atomic E-state index is -4.09. The summed E-state index contributed by atoms with van der Waals surface area (Å²) in [6, 6.07) is 5.21. The summed E-state index contributed by atoms with van der Waals surface area (Å²) in [6.07, 6.45) is 1.31. The van der Waals surface area contributed by atoms with Gasteiger partial charge in [0.05, 0.1) is 10.6 Å². The Morgan fingerprint density at radius 2 is 2.05 bits per heavy atom. The van der Waals surface area contributed by atoms with Crippen molar-refractivity contribution in [3.63, 3.8) is 0 Å². The molecule has 0 spiro atoms. The molecule has 2 aromatic rings. The monoisotopic (exact) mass is 331 g/mol. The van der Waals surface area contributed by atoms with Crippen molar-refractivity contribution in [2.45, 2.75) is 4.90 Å². The van der Waals surface area contributed by atoms with E-state index in [1.807, 2.05) is 0 Å². The molecule has 0 amide bonds. The minimum Gasteiger partial charge on any atom is -0.279 e. The molecule has 10 heteroatoms. The van der Waals surface area contributed by atoms with Crippen LogP contribution in [0.4, 0.5) is 15.8 Å². The Labute approximate surface area is 123 Å². The number of hydrogen-bond donors (Lipinski definition) is 1. The Kier molecular flexibility index (Phi) is 4.05. The van der Waals surface area contributed by atoms with Gasteiger partial charge in [-0.2, -0.15) is 4.39 Å². The lowest BCUT2D eigenvalue weighted by atomic mass is 10.3. The minimum absolute atomic E-state index is 0.164. The number of nitro groups is 1. The topological polar surface area (TPSA) is 102 Å². The van der Waals surface area contributed by atoms with E-state index in [2.05, 4.69) is 9.71 Å². The smallest absolute Gasteiger partial charge is 0.279 e. The largest absolute Gasteiger partial charge is 0.306 e. The molecular formula is C11H7ClFN3O4S. The van der Waals surface area contributed by atoms with Crippen molar-refractivity contribution in [3.8, 4) is 0 Å². The fraction of sp³-hybridized carbons (Fsp3) is 0. The Morgan fingerprint density at radius 3 is 2.67 bits per heavy atom. The molecule has 0 radical (unpaired) electrons. The third kappa shape index (κ3) is 3.26. The van der Waals surface area contributed by atoms with Crippen molar-refractivity contribution in [2.24, 2.45) is 0 Å². The first kappa shape index (κ1) is 15.1. The van der Waals surface area contributed by atoms with E-state index >= 15 is 0 Å². The fourth-order valence-corrected chi connectivity index (χ4v) is 3.00. The molecule has 0 aliphatic rings. The molecule has 110 valence electrons. The summed E-state index contributed by atoms with van der Waals surface area (Å²) >= 11 is 5.68. The van der Waals surface area contributed by atoms with E-state index in [1.54, 1.807) is 0 Å². The molecule has 1 heterocycles. The van der Waals surface area contributed by atoms with E-state index < -0.39 is 26.5 Å². The van der Waals surface area contributed by atoms with Crippen molar-refractivity contribution in [1.82, 2.24) is 4.98 Å². The predicted molar refractivity (Wildman–Crippen MR) is 73.1 cm³/mol. The van der Waals surface area contributed by atoms with E-state index in [9.17, 15) is 22.9 Å². The van der Waals surface area contributed by atoms with Crippen molar-refractivity contribution in [2.75, 3.05) is 4.72 Å². The summed E-state index contributed by atoms with van der Waals surface area (Å²) < 4.78 is 39.4. The molecule has 0 fully saturated rings. The number of hydrogen-bond acceptors (Lipinski definition) is 5. The molecule has 0 aliphatic heterocycles. The van der Waals surface area contributed by atoms with Crippen LogP contribution in [0.3, 0.4) is 0 Å². The maximum absolute atomic E-state index is 13.2. The van der Waals surface area contributed by atoms with E-state index in [0.717, 1.165) is 18.2 Å². The van der Waals surface area contributed by atoms with Crippen LogP contribution in [-0.4, -0.2) is 18.3 Å². The van der Waals surface area contributed by atoms with Gasteiger partial charge >= 0.3 is 5.69 Å². The number of sulfonamides is 1. The second kappa shape index (κ2) is 5.62. The highest BCUT2D eigenvalue weighted by Crippen LogP contribution is 2.25. The van der Waals surface area contributed by atoms with E-state index in [4.69, 9.17) is 11.6 Å². The number of halogens is 2. The Bertz CT molecular complexity index is 813. The lowest BCUT2D eigenvalue weighted by molar-refractivity contribution is -0.387. The van der Waals surface area contributed by atoms with Crippen molar-refractivity contribution < 1.29 is 17.7 Å². The molecule has 0 bridgehead atoms. The molecule has 2 rings (SSSR count). The van der Waals surface area contributed by atoms with Crippen LogP contribution in [0.1, 0.15) is 0 Å². The van der Waals surface area contributed by atoms with Crippen LogP contribution < -0.4 is 4.72 Å². The molecule has 21 heavy (non-hydrogen) atoms. The first-order valence-corrected chi connectivity index (χ1v) is 7.24. The quantitative estimate of drug-likeness (QED) is 0.527. The normalized spacial score (nSPS) is 11.1. The SMILES string of the molecule is O=[N+]([O-])c1cc(NS(=O)(=O)c2cccnc2Cl)ccc1F. The number of nitro benzene ring substituents is 1. The summed E-state index contributed by atoms with van der Waals surface area (Å²) in [6.45, 7) is 0. The molecule has 0 unspecified atom stereocenters. The molecule has 0 atom stereocenters. The number of rotatable bonds is 4. The van der Waals surface area contributed by atoms with E-state index in [-0.39, 0.29) is 15.7 Å². The first-order valence-electron chi connectivity index (χ1n) is 5.38. The standard InChI is InChI=1S/C11H7ClFN3O4S/c12-11-10(2-1-5-14-11)21(19,20)15-7-3-4-8(13)9(6-7)16(17)18/h1-6,15H. The van der Waals surface area contributed by atoms with Gasteiger partial charge < -0.3 is 0 Å². The number of nitrogens with zero attached hydrogens (tertiary/aromatic N) is 2. The van der Waals surface area contributed by atoms with Crippen LogP contribution in [0, 0.1) is 15.9 Å². The van der Waals surface area contributed by atoms with Gasteiger partial charge in [-0.05, 0) is 24.3 Å². The number of benzene rings is 1. The number of pyridine rings is 1. The molecule has 1 aromatic carbocycles. The summed E-state index contributed by atoms with van der Waals surface area (Å²) in [5.74, 6) is -1.07. The van der Waals surface area contributed by atoms with Gasteiger partial charge in [0.2, 0.25) is 5.82 Å². The van der Waals surface area contributed by atoms with Crippen LogP contribution in [0.25, 0.3) is 0 Å². The van der Waals surface area contributed by atoms with Crippen molar-refractivity contribution in [3.05, 3.63) is 57.6 Å². The molecule has 1 aromatic heterocycles. The van der Waals surface area contributed by atoms with Crippen molar-refractivity contribution in [1.29, 1.82) is 0 Å². The number of nitrogens with one attached hydrogen (secondary N) is 1. The highest BCUT2D eigenvalue weighted by Gasteiger charge is 2.21. The third-order valence-corrected chi connectivity index (χ3v) is 4.24. The number of anilines is 1. The second-order valence-electron chi connectivity index (χ2n) is 3.82. The van der Waals surface area contributed by atoms with Gasteiger partial charge in [-0.3, -0.25) is 14.8 Å². The highest BCUT2D eigenvalue weighted by molar-refractivity contribution is 7.92. The Morgan fingerprint density at radius 1 is 1.33 bits per heavy atom. The van der Waals surface area contributed by atoms with Crippen LogP contribution in [0.5, 0.6) is 0 Å². The Hall–Kier alpha value is -2.26. The van der Waals surface area contributed by atoms with Gasteiger partial charge in [0, 0.05) is 12.3 Å². The van der Waals surface area contributed by atoms with Gasteiger partial charge in [0.25, 0.3) is 10.0 Å². The van der Waals surface area contributed by atoms with E-state index in [0.29, 0.717) is 0 Å². The maximum atomic E-state index is 13.2. The van der Waals surface area contributed by atoms with Gasteiger partial charge in [0.1, 0.15) is 10.0 Å². The molecule has 0 saturated carbocycles. The zero-order valence-electron chi connectivity index (χ0n) is 10.2.